The van der Waals surface area contributed by atoms with Gasteiger partial charge in [-0.25, -0.2) is 9.97 Å². The maximum Gasteiger partial charge on any atom is 0.202 e. The van der Waals surface area contributed by atoms with Crippen LogP contribution in [0.1, 0.15) is 29.0 Å². The van der Waals surface area contributed by atoms with Gasteiger partial charge in [0.1, 0.15) is 0 Å². The third-order valence-electron chi connectivity index (χ3n) is 5.06. The monoisotopic (exact) mass is 349 g/mol. The van der Waals surface area contributed by atoms with Crippen LogP contribution in [0.5, 0.6) is 0 Å². The molecule has 1 aliphatic heterocycles. The van der Waals surface area contributed by atoms with Gasteiger partial charge in [-0.15, -0.1) is 0 Å². The van der Waals surface area contributed by atoms with E-state index in [9.17, 15) is 4.79 Å². The first-order valence-electron chi connectivity index (χ1n) is 9.02. The van der Waals surface area contributed by atoms with Gasteiger partial charge in [-0.05, 0) is 37.1 Å². The number of Topliss-reactive ketones (excluding diaryl/α,β-unsaturated/α-hetero) is 1. The Morgan fingerprint density at radius 3 is 2.73 bits per heavy atom. The van der Waals surface area contributed by atoms with Crippen molar-refractivity contribution in [2.24, 2.45) is 13.0 Å². The van der Waals surface area contributed by atoms with Gasteiger partial charge in [0.2, 0.25) is 5.78 Å². The molecule has 0 aliphatic carbocycles. The van der Waals surface area contributed by atoms with E-state index in [-0.39, 0.29) is 11.7 Å². The van der Waals surface area contributed by atoms with E-state index in [4.69, 9.17) is 0 Å². The van der Waals surface area contributed by atoms with Crippen molar-refractivity contribution in [1.29, 1.82) is 0 Å². The van der Waals surface area contributed by atoms with Crippen LogP contribution in [0.2, 0.25) is 0 Å². The SMILES string of the molecule is Cn1ccnc1C(=O)C1CCCN(Cc2ccc(-n3ccnc3)cc2)C1. The molecule has 6 heteroatoms. The van der Waals surface area contributed by atoms with Crippen molar-refractivity contribution in [3.05, 3.63) is 66.8 Å². The molecular formula is C20H23N5O. The minimum absolute atomic E-state index is 0.0371. The van der Waals surface area contributed by atoms with Crippen molar-refractivity contribution in [3.63, 3.8) is 0 Å². The maximum atomic E-state index is 12.7. The third-order valence-corrected chi connectivity index (χ3v) is 5.06. The summed E-state index contributed by atoms with van der Waals surface area (Å²) in [6.45, 7) is 2.71. The highest BCUT2D eigenvalue weighted by molar-refractivity contribution is 5.94. The highest BCUT2D eigenvalue weighted by Gasteiger charge is 2.28. The molecule has 3 aromatic rings. The number of benzene rings is 1. The topological polar surface area (TPSA) is 56.0 Å². The molecule has 3 heterocycles. The fourth-order valence-corrected chi connectivity index (χ4v) is 3.64. The minimum Gasteiger partial charge on any atom is -0.332 e. The highest BCUT2D eigenvalue weighted by Crippen LogP contribution is 2.22. The summed E-state index contributed by atoms with van der Waals surface area (Å²) < 4.78 is 3.81. The number of piperidine rings is 1. The first-order valence-corrected chi connectivity index (χ1v) is 9.02. The Morgan fingerprint density at radius 1 is 1.19 bits per heavy atom. The molecule has 1 atom stereocenters. The number of likely N-dealkylation sites (tertiary alicyclic amines) is 1. The van der Waals surface area contributed by atoms with Gasteiger partial charge >= 0.3 is 0 Å². The Kier molecular flexibility index (Phi) is 4.67. The third kappa shape index (κ3) is 3.46. The summed E-state index contributed by atoms with van der Waals surface area (Å²) in [5.41, 5.74) is 2.37. The standard InChI is InChI=1S/C20H23N5O/c1-23-11-9-22-20(23)19(26)17-3-2-10-24(14-17)13-16-4-6-18(7-5-16)25-12-8-21-15-25/h4-9,11-12,15,17H,2-3,10,13-14H2,1H3. The van der Waals surface area contributed by atoms with E-state index >= 15 is 0 Å². The first-order chi connectivity index (χ1) is 12.7. The predicted molar refractivity (Wildman–Crippen MR) is 99.1 cm³/mol. The average Bonchev–Trinajstić information content (AvgIpc) is 3.34. The van der Waals surface area contributed by atoms with Crippen LogP contribution in [-0.2, 0) is 13.6 Å². The Hall–Kier alpha value is -2.73. The Bertz CT molecular complexity index is 866. The summed E-state index contributed by atoms with van der Waals surface area (Å²) in [5, 5.41) is 0. The van der Waals surface area contributed by atoms with Crippen LogP contribution in [0.4, 0.5) is 0 Å². The molecule has 1 aliphatic rings. The number of rotatable bonds is 5. The molecule has 26 heavy (non-hydrogen) atoms. The van der Waals surface area contributed by atoms with E-state index < -0.39 is 0 Å². The van der Waals surface area contributed by atoms with Crippen molar-refractivity contribution in [1.82, 2.24) is 24.0 Å². The molecule has 0 saturated carbocycles. The van der Waals surface area contributed by atoms with Crippen LogP contribution >= 0.6 is 0 Å². The second-order valence-corrected chi connectivity index (χ2v) is 6.94. The predicted octanol–water partition coefficient (Wildman–Crippen LogP) is 2.70. The summed E-state index contributed by atoms with van der Waals surface area (Å²) in [7, 11) is 1.88. The molecule has 1 fully saturated rings. The Labute approximate surface area is 153 Å². The molecule has 0 radical (unpaired) electrons. The van der Waals surface area contributed by atoms with Crippen molar-refractivity contribution in [2.75, 3.05) is 13.1 Å². The molecule has 2 aromatic heterocycles. The smallest absolute Gasteiger partial charge is 0.202 e. The summed E-state index contributed by atoms with van der Waals surface area (Å²) in [6, 6.07) is 8.52. The number of aryl methyl sites for hydroxylation is 1. The van der Waals surface area contributed by atoms with Gasteiger partial charge in [0.05, 0.1) is 6.33 Å². The van der Waals surface area contributed by atoms with Gasteiger partial charge in [0, 0.05) is 56.5 Å². The number of nitrogens with zero attached hydrogens (tertiary/aromatic N) is 5. The molecule has 0 spiro atoms. The number of hydrogen-bond acceptors (Lipinski definition) is 4. The fourth-order valence-electron chi connectivity index (χ4n) is 3.64. The van der Waals surface area contributed by atoms with E-state index in [0.717, 1.165) is 38.2 Å². The van der Waals surface area contributed by atoms with Gasteiger partial charge in [-0.2, -0.15) is 0 Å². The molecule has 0 amide bonds. The van der Waals surface area contributed by atoms with Gasteiger partial charge < -0.3 is 9.13 Å². The quantitative estimate of drug-likeness (QED) is 0.665. The number of carbonyl (C=O) groups is 1. The average molecular weight is 349 g/mol. The van der Waals surface area contributed by atoms with E-state index in [1.165, 1.54) is 5.56 Å². The van der Waals surface area contributed by atoms with Gasteiger partial charge in [0.15, 0.2) is 5.82 Å². The second-order valence-electron chi connectivity index (χ2n) is 6.94. The van der Waals surface area contributed by atoms with Crippen LogP contribution in [0.3, 0.4) is 0 Å². The zero-order chi connectivity index (χ0) is 17.9. The lowest BCUT2D eigenvalue weighted by molar-refractivity contribution is 0.0797. The zero-order valence-corrected chi connectivity index (χ0v) is 15.0. The molecule has 4 rings (SSSR count). The molecule has 1 saturated heterocycles. The number of carbonyl (C=O) groups excluding carboxylic acids is 1. The number of hydrogen-bond donors (Lipinski definition) is 0. The summed E-state index contributed by atoms with van der Waals surface area (Å²) in [4.78, 5) is 23.4. The van der Waals surface area contributed by atoms with Crippen molar-refractivity contribution >= 4 is 5.78 Å². The maximum absolute atomic E-state index is 12.7. The van der Waals surface area contributed by atoms with Crippen LogP contribution in [0, 0.1) is 5.92 Å². The minimum atomic E-state index is 0.0371. The Balaban J connectivity index is 1.40. The Morgan fingerprint density at radius 2 is 2.04 bits per heavy atom. The van der Waals surface area contributed by atoms with E-state index in [2.05, 4.69) is 39.1 Å². The van der Waals surface area contributed by atoms with Gasteiger partial charge in [-0.3, -0.25) is 9.69 Å². The molecule has 6 nitrogen and oxygen atoms in total. The van der Waals surface area contributed by atoms with Crippen LogP contribution in [-0.4, -0.2) is 42.9 Å². The van der Waals surface area contributed by atoms with Crippen LogP contribution in [0.15, 0.2) is 55.4 Å². The van der Waals surface area contributed by atoms with E-state index in [1.807, 2.05) is 28.6 Å². The lowest BCUT2D eigenvalue weighted by Crippen LogP contribution is -2.38. The lowest BCUT2D eigenvalue weighted by atomic mass is 9.93. The van der Waals surface area contributed by atoms with Crippen molar-refractivity contribution in [2.45, 2.75) is 19.4 Å². The fraction of sp³-hybridized carbons (Fsp3) is 0.350. The molecule has 1 unspecified atom stereocenters. The molecule has 134 valence electrons. The second kappa shape index (κ2) is 7.25. The first kappa shape index (κ1) is 16.7. The summed E-state index contributed by atoms with van der Waals surface area (Å²) in [5.74, 6) is 0.772. The van der Waals surface area contributed by atoms with Crippen LogP contribution < -0.4 is 0 Å². The molecule has 1 aromatic carbocycles. The molecule has 0 bridgehead atoms. The van der Waals surface area contributed by atoms with E-state index in [0.29, 0.717) is 5.82 Å². The number of aromatic nitrogens is 4. The normalized spacial score (nSPS) is 18.1. The highest BCUT2D eigenvalue weighted by atomic mass is 16.1. The van der Waals surface area contributed by atoms with Gasteiger partial charge in [0.25, 0.3) is 0 Å². The summed E-state index contributed by atoms with van der Waals surface area (Å²) >= 11 is 0. The van der Waals surface area contributed by atoms with Crippen molar-refractivity contribution in [3.8, 4) is 5.69 Å². The number of ketones is 1. The largest absolute Gasteiger partial charge is 0.332 e. The molecule has 0 N–H and O–H groups in total. The number of imidazole rings is 2. The lowest BCUT2D eigenvalue weighted by Gasteiger charge is -2.31. The van der Waals surface area contributed by atoms with Crippen LogP contribution in [0.25, 0.3) is 5.69 Å². The summed E-state index contributed by atoms with van der Waals surface area (Å²) in [6.07, 6.45) is 11.0. The molecular weight excluding hydrogens is 326 g/mol. The van der Waals surface area contributed by atoms with Gasteiger partial charge in [-0.1, -0.05) is 12.1 Å². The van der Waals surface area contributed by atoms with Crippen molar-refractivity contribution < 1.29 is 4.79 Å². The van der Waals surface area contributed by atoms with E-state index in [1.54, 1.807) is 18.7 Å². The zero-order valence-electron chi connectivity index (χ0n) is 15.0.